The molecule has 0 spiro atoms. The van der Waals surface area contributed by atoms with E-state index in [1.165, 1.54) is 6.07 Å². The first-order valence-corrected chi connectivity index (χ1v) is 3.86. The molecule has 74 valence electrons. The van der Waals surface area contributed by atoms with E-state index in [4.69, 9.17) is 5.73 Å². The number of carbonyl (C=O) groups excluding carboxylic acids is 1. The SMILES string of the molecule is Cc1cc([N+](=O)[O-])c(C(N)=O)nc1C. The predicted molar refractivity (Wildman–Crippen MR) is 48.9 cm³/mol. The van der Waals surface area contributed by atoms with Crippen molar-refractivity contribution < 1.29 is 9.72 Å². The quantitative estimate of drug-likeness (QED) is 0.554. The van der Waals surface area contributed by atoms with E-state index in [1.807, 2.05) is 0 Å². The molecule has 0 aliphatic rings. The molecule has 1 aromatic heterocycles. The maximum absolute atomic E-state index is 10.8. The molecule has 6 heteroatoms. The van der Waals surface area contributed by atoms with Crippen molar-refractivity contribution in [3.05, 3.63) is 33.1 Å². The third-order valence-corrected chi connectivity index (χ3v) is 1.88. The summed E-state index contributed by atoms with van der Waals surface area (Å²) < 4.78 is 0. The monoisotopic (exact) mass is 195 g/mol. The van der Waals surface area contributed by atoms with Crippen LogP contribution < -0.4 is 5.73 Å². The van der Waals surface area contributed by atoms with Gasteiger partial charge in [-0.15, -0.1) is 0 Å². The number of aromatic nitrogens is 1. The maximum Gasteiger partial charge on any atom is 0.300 e. The van der Waals surface area contributed by atoms with Crippen LogP contribution in [-0.2, 0) is 0 Å². The maximum atomic E-state index is 10.8. The van der Waals surface area contributed by atoms with E-state index in [0.29, 0.717) is 11.3 Å². The summed E-state index contributed by atoms with van der Waals surface area (Å²) in [6.07, 6.45) is 0. The predicted octanol–water partition coefficient (Wildman–Crippen LogP) is 0.706. The fourth-order valence-electron chi connectivity index (χ4n) is 1.01. The van der Waals surface area contributed by atoms with Crippen molar-refractivity contribution in [2.75, 3.05) is 0 Å². The molecular weight excluding hydrogens is 186 g/mol. The van der Waals surface area contributed by atoms with Gasteiger partial charge in [0.2, 0.25) is 5.69 Å². The van der Waals surface area contributed by atoms with Crippen molar-refractivity contribution in [1.82, 2.24) is 4.98 Å². The van der Waals surface area contributed by atoms with Crippen LogP contribution in [0.2, 0.25) is 0 Å². The largest absolute Gasteiger partial charge is 0.364 e. The van der Waals surface area contributed by atoms with Gasteiger partial charge in [0.15, 0.2) is 0 Å². The molecule has 0 aliphatic carbocycles. The fraction of sp³-hybridized carbons (Fsp3) is 0.250. The van der Waals surface area contributed by atoms with E-state index in [-0.39, 0.29) is 11.4 Å². The summed E-state index contributed by atoms with van der Waals surface area (Å²) in [5.74, 6) is -0.889. The lowest BCUT2D eigenvalue weighted by molar-refractivity contribution is -0.385. The van der Waals surface area contributed by atoms with Crippen LogP contribution in [0.15, 0.2) is 6.07 Å². The minimum absolute atomic E-state index is 0.293. The summed E-state index contributed by atoms with van der Waals surface area (Å²) >= 11 is 0. The van der Waals surface area contributed by atoms with Crippen molar-refractivity contribution in [2.45, 2.75) is 13.8 Å². The number of hydrogen-bond donors (Lipinski definition) is 1. The highest BCUT2D eigenvalue weighted by molar-refractivity contribution is 5.94. The number of rotatable bonds is 2. The van der Waals surface area contributed by atoms with Gasteiger partial charge in [-0.05, 0) is 19.4 Å². The summed E-state index contributed by atoms with van der Waals surface area (Å²) in [4.78, 5) is 24.5. The fourth-order valence-corrected chi connectivity index (χ4v) is 1.01. The Balaban J connectivity index is 3.46. The van der Waals surface area contributed by atoms with Gasteiger partial charge in [0, 0.05) is 11.8 Å². The molecular formula is C8H9N3O3. The van der Waals surface area contributed by atoms with Gasteiger partial charge in [-0.1, -0.05) is 0 Å². The van der Waals surface area contributed by atoms with Crippen LogP contribution >= 0.6 is 0 Å². The first kappa shape index (κ1) is 10.1. The highest BCUT2D eigenvalue weighted by Gasteiger charge is 2.20. The number of amides is 1. The molecule has 0 saturated heterocycles. The third-order valence-electron chi connectivity index (χ3n) is 1.88. The van der Waals surface area contributed by atoms with Gasteiger partial charge in [0.25, 0.3) is 5.91 Å². The van der Waals surface area contributed by atoms with Crippen LogP contribution in [0.25, 0.3) is 0 Å². The zero-order valence-corrected chi connectivity index (χ0v) is 7.77. The third kappa shape index (κ3) is 1.68. The van der Waals surface area contributed by atoms with E-state index in [0.717, 1.165) is 0 Å². The van der Waals surface area contributed by atoms with Crippen LogP contribution in [0.1, 0.15) is 21.7 Å². The normalized spacial score (nSPS) is 9.86. The zero-order chi connectivity index (χ0) is 10.9. The summed E-state index contributed by atoms with van der Waals surface area (Å²) in [5, 5.41) is 10.5. The number of nitrogens with zero attached hydrogens (tertiary/aromatic N) is 2. The van der Waals surface area contributed by atoms with Crippen molar-refractivity contribution in [3.63, 3.8) is 0 Å². The molecule has 0 aromatic carbocycles. The van der Waals surface area contributed by atoms with Crippen LogP contribution in [0, 0.1) is 24.0 Å². The molecule has 6 nitrogen and oxygen atoms in total. The van der Waals surface area contributed by atoms with Crippen LogP contribution in [0.4, 0.5) is 5.69 Å². The molecule has 1 rings (SSSR count). The smallest absolute Gasteiger partial charge is 0.300 e. The van der Waals surface area contributed by atoms with Gasteiger partial charge in [-0.25, -0.2) is 4.98 Å². The highest BCUT2D eigenvalue weighted by Crippen LogP contribution is 2.19. The summed E-state index contributed by atoms with van der Waals surface area (Å²) in [6, 6.07) is 1.29. The van der Waals surface area contributed by atoms with Crippen molar-refractivity contribution in [3.8, 4) is 0 Å². The molecule has 1 aromatic rings. The molecule has 0 unspecified atom stereocenters. The number of nitrogens with two attached hydrogens (primary N) is 1. The molecule has 1 heterocycles. The second-order valence-corrected chi connectivity index (χ2v) is 2.88. The Morgan fingerprint density at radius 1 is 1.57 bits per heavy atom. The summed E-state index contributed by atoms with van der Waals surface area (Å²) in [7, 11) is 0. The molecule has 0 fully saturated rings. The Kier molecular flexibility index (Phi) is 2.46. The van der Waals surface area contributed by atoms with E-state index in [9.17, 15) is 14.9 Å². The highest BCUT2D eigenvalue weighted by atomic mass is 16.6. The van der Waals surface area contributed by atoms with E-state index >= 15 is 0 Å². The van der Waals surface area contributed by atoms with Crippen LogP contribution in [0.3, 0.4) is 0 Å². The number of hydrogen-bond acceptors (Lipinski definition) is 4. The Bertz CT molecular complexity index is 376. The average Bonchev–Trinajstić information content (AvgIpc) is 2.08. The van der Waals surface area contributed by atoms with Crippen molar-refractivity contribution >= 4 is 11.6 Å². The number of aryl methyl sites for hydroxylation is 2. The average molecular weight is 195 g/mol. The van der Waals surface area contributed by atoms with Gasteiger partial charge in [-0.2, -0.15) is 0 Å². The van der Waals surface area contributed by atoms with E-state index in [1.54, 1.807) is 13.8 Å². The van der Waals surface area contributed by atoms with Gasteiger partial charge >= 0.3 is 5.69 Å². The van der Waals surface area contributed by atoms with Gasteiger partial charge in [0.1, 0.15) is 0 Å². The molecule has 0 atom stereocenters. The van der Waals surface area contributed by atoms with Crippen LogP contribution in [-0.4, -0.2) is 15.8 Å². The first-order chi connectivity index (χ1) is 6.43. The minimum Gasteiger partial charge on any atom is -0.364 e. The first-order valence-electron chi connectivity index (χ1n) is 3.86. The molecule has 0 bridgehead atoms. The summed E-state index contributed by atoms with van der Waals surface area (Å²) in [5.41, 5.74) is 5.54. The number of pyridine rings is 1. The Hall–Kier alpha value is -1.98. The molecule has 0 saturated carbocycles. The second-order valence-electron chi connectivity index (χ2n) is 2.88. The second kappa shape index (κ2) is 3.41. The Morgan fingerprint density at radius 2 is 2.14 bits per heavy atom. The van der Waals surface area contributed by atoms with Crippen molar-refractivity contribution in [1.29, 1.82) is 0 Å². The summed E-state index contributed by atoms with van der Waals surface area (Å²) in [6.45, 7) is 3.34. The molecule has 14 heavy (non-hydrogen) atoms. The van der Waals surface area contributed by atoms with E-state index < -0.39 is 10.8 Å². The minimum atomic E-state index is -0.889. The number of primary amides is 1. The molecule has 2 N–H and O–H groups in total. The van der Waals surface area contributed by atoms with Gasteiger partial charge < -0.3 is 5.73 Å². The zero-order valence-electron chi connectivity index (χ0n) is 7.77. The van der Waals surface area contributed by atoms with Crippen molar-refractivity contribution in [2.24, 2.45) is 5.73 Å². The van der Waals surface area contributed by atoms with Gasteiger partial charge in [0.05, 0.1) is 4.92 Å². The Labute approximate surface area is 79.9 Å². The molecule has 0 aliphatic heterocycles. The lowest BCUT2D eigenvalue weighted by atomic mass is 10.2. The standard InChI is InChI=1S/C8H9N3O3/c1-4-3-6(11(13)14)7(8(9)12)10-5(4)2/h3H,1-2H3,(H2,9,12). The van der Waals surface area contributed by atoms with Gasteiger partial charge in [-0.3, -0.25) is 14.9 Å². The topological polar surface area (TPSA) is 99.1 Å². The van der Waals surface area contributed by atoms with E-state index in [2.05, 4.69) is 4.98 Å². The molecule has 0 radical (unpaired) electrons. The van der Waals surface area contributed by atoms with Crippen LogP contribution in [0.5, 0.6) is 0 Å². The lowest BCUT2D eigenvalue weighted by Gasteiger charge is -2.02. The number of carbonyl (C=O) groups is 1. The molecule has 1 amide bonds. The number of nitro groups is 1. The lowest BCUT2D eigenvalue weighted by Crippen LogP contribution is -2.16. The Morgan fingerprint density at radius 3 is 2.57 bits per heavy atom.